The van der Waals surface area contributed by atoms with Gasteiger partial charge in [0.15, 0.2) is 0 Å². The Morgan fingerprint density at radius 3 is 2.80 bits per heavy atom. The van der Waals surface area contributed by atoms with Gasteiger partial charge in [-0.05, 0) is 18.2 Å². The van der Waals surface area contributed by atoms with E-state index in [1.54, 1.807) is 0 Å². The Hall–Kier alpha value is -1.38. The monoisotopic (exact) mass is 227 g/mol. The molecule has 1 N–H and O–H groups in total. The molecule has 0 saturated heterocycles. The van der Waals surface area contributed by atoms with Crippen molar-refractivity contribution in [1.29, 1.82) is 0 Å². The van der Waals surface area contributed by atoms with Gasteiger partial charge in [0.05, 0.1) is 4.90 Å². The average Bonchev–Trinajstić information content (AvgIpc) is 2.18. The highest BCUT2D eigenvalue weighted by Gasteiger charge is 2.12. The summed E-state index contributed by atoms with van der Waals surface area (Å²) in [4.78, 5) is -0.0977. The molecule has 0 fully saturated rings. The number of nitrogens with one attached hydrogen (secondary N) is 1. The van der Waals surface area contributed by atoms with Gasteiger partial charge in [-0.1, -0.05) is 6.07 Å². The first-order valence-corrected chi connectivity index (χ1v) is 5.73. The van der Waals surface area contributed by atoms with Crippen molar-refractivity contribution < 1.29 is 12.8 Å². The van der Waals surface area contributed by atoms with Gasteiger partial charge in [0, 0.05) is 13.0 Å². The zero-order valence-electron chi connectivity index (χ0n) is 7.90. The van der Waals surface area contributed by atoms with Gasteiger partial charge in [0.2, 0.25) is 10.0 Å². The van der Waals surface area contributed by atoms with E-state index in [-0.39, 0.29) is 11.4 Å². The van der Waals surface area contributed by atoms with E-state index in [9.17, 15) is 12.8 Å². The van der Waals surface area contributed by atoms with Gasteiger partial charge in [0.25, 0.3) is 0 Å². The van der Waals surface area contributed by atoms with Gasteiger partial charge in [0.1, 0.15) is 5.82 Å². The molecule has 0 heterocycles. The Labute approximate surface area is 88.4 Å². The molecular weight excluding hydrogens is 217 g/mol. The van der Waals surface area contributed by atoms with Crippen LogP contribution in [0.1, 0.15) is 6.42 Å². The maximum absolute atomic E-state index is 12.8. The summed E-state index contributed by atoms with van der Waals surface area (Å²) in [7, 11) is -3.64. The molecule has 0 aromatic heterocycles. The third kappa shape index (κ3) is 3.35. The predicted molar refractivity (Wildman–Crippen MR) is 55.0 cm³/mol. The zero-order chi connectivity index (χ0) is 11.3. The summed E-state index contributed by atoms with van der Waals surface area (Å²) in [6, 6.07) is 4.80. The summed E-state index contributed by atoms with van der Waals surface area (Å²) in [6.07, 6.45) is 5.28. The molecule has 0 radical (unpaired) electrons. The molecular formula is C10H10FNO2S. The number of rotatable bonds is 4. The Bertz CT molecular complexity index is 476. The molecule has 0 amide bonds. The van der Waals surface area contributed by atoms with Crippen LogP contribution in [0.2, 0.25) is 0 Å². The molecule has 5 heteroatoms. The Balaban J connectivity index is 2.83. The van der Waals surface area contributed by atoms with Crippen LogP contribution in [-0.2, 0) is 10.0 Å². The molecule has 3 nitrogen and oxygen atoms in total. The first-order chi connectivity index (χ1) is 7.06. The minimum atomic E-state index is -3.64. The van der Waals surface area contributed by atoms with Crippen molar-refractivity contribution in [3.05, 3.63) is 30.1 Å². The molecule has 0 unspecified atom stereocenters. The highest BCUT2D eigenvalue weighted by molar-refractivity contribution is 7.89. The van der Waals surface area contributed by atoms with Crippen LogP contribution in [0.5, 0.6) is 0 Å². The molecule has 0 aliphatic rings. The lowest BCUT2D eigenvalue weighted by Crippen LogP contribution is -2.24. The van der Waals surface area contributed by atoms with Crippen LogP contribution in [0.3, 0.4) is 0 Å². The fourth-order valence-electron chi connectivity index (χ4n) is 0.975. The van der Waals surface area contributed by atoms with Crippen LogP contribution < -0.4 is 4.72 Å². The van der Waals surface area contributed by atoms with Crippen molar-refractivity contribution in [3.8, 4) is 12.3 Å². The lowest BCUT2D eigenvalue weighted by atomic mass is 10.4. The Kier molecular flexibility index (Phi) is 3.83. The summed E-state index contributed by atoms with van der Waals surface area (Å²) in [5.74, 6) is 1.71. The standard InChI is InChI=1S/C10H10FNO2S/c1-2-3-7-12-15(13,14)10-6-4-5-9(11)8-10/h1,4-6,8,12H,3,7H2. The second-order valence-corrected chi connectivity index (χ2v) is 4.58. The van der Waals surface area contributed by atoms with E-state index in [1.807, 2.05) is 0 Å². The quantitative estimate of drug-likeness (QED) is 0.619. The lowest BCUT2D eigenvalue weighted by molar-refractivity contribution is 0.578. The molecule has 0 bridgehead atoms. The lowest BCUT2D eigenvalue weighted by Gasteiger charge is -2.04. The summed E-state index contributed by atoms with van der Waals surface area (Å²) >= 11 is 0. The molecule has 1 rings (SSSR count). The molecule has 1 aromatic carbocycles. The highest BCUT2D eigenvalue weighted by Crippen LogP contribution is 2.09. The molecule has 1 aromatic rings. The largest absolute Gasteiger partial charge is 0.240 e. The van der Waals surface area contributed by atoms with E-state index in [0.717, 1.165) is 6.07 Å². The van der Waals surface area contributed by atoms with Crippen molar-refractivity contribution in [1.82, 2.24) is 4.72 Å². The predicted octanol–water partition coefficient (Wildman–Crippen LogP) is 1.13. The molecule has 15 heavy (non-hydrogen) atoms. The molecule has 0 aliphatic heterocycles. The summed E-state index contributed by atoms with van der Waals surface area (Å²) in [5.41, 5.74) is 0. The van der Waals surface area contributed by atoms with Gasteiger partial charge in [-0.15, -0.1) is 12.3 Å². The summed E-state index contributed by atoms with van der Waals surface area (Å²) < 4.78 is 38.1. The fraction of sp³-hybridized carbons (Fsp3) is 0.200. The number of benzene rings is 1. The van der Waals surface area contributed by atoms with Crippen LogP contribution in [0.15, 0.2) is 29.2 Å². The maximum atomic E-state index is 12.8. The minimum Gasteiger partial charge on any atom is -0.210 e. The van der Waals surface area contributed by atoms with Crippen LogP contribution in [0.25, 0.3) is 0 Å². The van der Waals surface area contributed by atoms with Crippen LogP contribution in [-0.4, -0.2) is 15.0 Å². The third-order valence-corrected chi connectivity index (χ3v) is 3.13. The number of halogens is 1. The van der Waals surface area contributed by atoms with E-state index in [0.29, 0.717) is 6.42 Å². The molecule has 0 spiro atoms. The van der Waals surface area contributed by atoms with E-state index in [4.69, 9.17) is 6.42 Å². The smallest absolute Gasteiger partial charge is 0.210 e. The number of terminal acetylenes is 1. The minimum absolute atomic E-state index is 0.0977. The average molecular weight is 227 g/mol. The molecule has 0 aliphatic carbocycles. The zero-order valence-corrected chi connectivity index (χ0v) is 8.72. The van der Waals surface area contributed by atoms with E-state index in [1.165, 1.54) is 18.2 Å². The first kappa shape index (κ1) is 11.7. The normalized spacial score (nSPS) is 10.9. The SMILES string of the molecule is C#CCCNS(=O)(=O)c1cccc(F)c1. The van der Waals surface area contributed by atoms with Crippen molar-refractivity contribution in [3.63, 3.8) is 0 Å². The first-order valence-electron chi connectivity index (χ1n) is 4.25. The third-order valence-electron chi connectivity index (χ3n) is 1.67. The molecule has 80 valence electrons. The van der Waals surface area contributed by atoms with Crippen molar-refractivity contribution >= 4 is 10.0 Å². The molecule has 0 atom stereocenters. The second kappa shape index (κ2) is 4.91. The van der Waals surface area contributed by atoms with Crippen LogP contribution >= 0.6 is 0 Å². The van der Waals surface area contributed by atoms with Gasteiger partial charge >= 0.3 is 0 Å². The maximum Gasteiger partial charge on any atom is 0.240 e. The van der Waals surface area contributed by atoms with Gasteiger partial charge < -0.3 is 0 Å². The van der Waals surface area contributed by atoms with E-state index >= 15 is 0 Å². The Morgan fingerprint density at radius 1 is 1.47 bits per heavy atom. The van der Waals surface area contributed by atoms with Crippen molar-refractivity contribution in [2.24, 2.45) is 0 Å². The topological polar surface area (TPSA) is 46.2 Å². The van der Waals surface area contributed by atoms with Crippen LogP contribution in [0, 0.1) is 18.2 Å². The second-order valence-electron chi connectivity index (χ2n) is 2.81. The van der Waals surface area contributed by atoms with E-state index < -0.39 is 15.8 Å². The fourth-order valence-corrected chi connectivity index (χ4v) is 2.04. The molecule has 0 saturated carbocycles. The Morgan fingerprint density at radius 2 is 2.20 bits per heavy atom. The number of hydrogen-bond donors (Lipinski definition) is 1. The number of sulfonamides is 1. The highest BCUT2D eigenvalue weighted by atomic mass is 32.2. The van der Waals surface area contributed by atoms with Crippen LogP contribution in [0.4, 0.5) is 4.39 Å². The van der Waals surface area contributed by atoms with Gasteiger partial charge in [-0.2, -0.15) is 0 Å². The van der Waals surface area contributed by atoms with Gasteiger partial charge in [-0.25, -0.2) is 17.5 Å². The van der Waals surface area contributed by atoms with Crippen molar-refractivity contribution in [2.45, 2.75) is 11.3 Å². The number of hydrogen-bond acceptors (Lipinski definition) is 2. The van der Waals surface area contributed by atoms with E-state index in [2.05, 4.69) is 10.6 Å². The van der Waals surface area contributed by atoms with Crippen molar-refractivity contribution in [2.75, 3.05) is 6.54 Å². The summed E-state index contributed by atoms with van der Waals surface area (Å²) in [5, 5.41) is 0. The van der Waals surface area contributed by atoms with Gasteiger partial charge in [-0.3, -0.25) is 0 Å². The summed E-state index contributed by atoms with van der Waals surface area (Å²) in [6.45, 7) is 0.148.